The Labute approximate surface area is 110 Å². The van der Waals surface area contributed by atoms with Gasteiger partial charge in [0.25, 0.3) is 6.43 Å². The summed E-state index contributed by atoms with van der Waals surface area (Å²) in [7, 11) is 0. The number of carbonyl (C=O) groups is 2. The summed E-state index contributed by atoms with van der Waals surface area (Å²) >= 11 is 0. The molecule has 0 aliphatic rings. The lowest BCUT2D eigenvalue weighted by atomic mass is 10.0. The average molecular weight is 282 g/mol. The zero-order valence-electron chi connectivity index (χ0n) is 10.8. The van der Waals surface area contributed by atoms with Gasteiger partial charge < -0.3 is 20.4 Å². The summed E-state index contributed by atoms with van der Waals surface area (Å²) in [5, 5.41) is 19.9. The molecule has 112 valence electrons. The smallest absolute Gasteiger partial charge is 0.317 e. The Morgan fingerprint density at radius 1 is 1.37 bits per heavy atom. The molecule has 19 heavy (non-hydrogen) atoms. The molecule has 0 rings (SSSR count). The quantitative estimate of drug-likeness (QED) is 0.582. The number of nitrogens with zero attached hydrogens (tertiary/aromatic N) is 1. The van der Waals surface area contributed by atoms with Gasteiger partial charge in [0, 0.05) is 13.1 Å². The van der Waals surface area contributed by atoms with E-state index >= 15 is 0 Å². The average Bonchev–Trinajstić information content (AvgIpc) is 2.32. The lowest BCUT2D eigenvalue weighted by Crippen LogP contribution is -2.45. The molecule has 0 spiro atoms. The number of halogens is 2. The van der Waals surface area contributed by atoms with E-state index in [9.17, 15) is 18.4 Å². The van der Waals surface area contributed by atoms with E-state index < -0.39 is 37.5 Å². The van der Waals surface area contributed by atoms with Gasteiger partial charge in [0.15, 0.2) is 0 Å². The summed E-state index contributed by atoms with van der Waals surface area (Å²) < 4.78 is 24.4. The highest BCUT2D eigenvalue weighted by Crippen LogP contribution is 2.06. The van der Waals surface area contributed by atoms with E-state index in [4.69, 9.17) is 10.2 Å². The predicted octanol–water partition coefficient (Wildman–Crippen LogP) is 0.756. The molecule has 0 saturated heterocycles. The number of rotatable bonds is 9. The normalized spacial score (nSPS) is 12.3. The Morgan fingerprint density at radius 2 is 2.00 bits per heavy atom. The molecule has 8 heteroatoms. The Kier molecular flexibility index (Phi) is 8.77. The molecular formula is C11H20F2N2O4. The summed E-state index contributed by atoms with van der Waals surface area (Å²) in [4.78, 5) is 23.2. The van der Waals surface area contributed by atoms with Crippen LogP contribution in [-0.2, 0) is 4.79 Å². The number of aliphatic hydroxyl groups excluding tert-OH is 1. The highest BCUT2D eigenvalue weighted by atomic mass is 19.3. The molecule has 2 amide bonds. The van der Waals surface area contributed by atoms with Gasteiger partial charge in [-0.15, -0.1) is 0 Å². The van der Waals surface area contributed by atoms with Crippen molar-refractivity contribution >= 4 is 12.0 Å². The van der Waals surface area contributed by atoms with Crippen LogP contribution in [0.25, 0.3) is 0 Å². The molecule has 0 aromatic heterocycles. The van der Waals surface area contributed by atoms with Gasteiger partial charge in [-0.05, 0) is 6.42 Å². The number of hydrogen-bond donors (Lipinski definition) is 3. The second-order valence-corrected chi connectivity index (χ2v) is 4.07. The van der Waals surface area contributed by atoms with Gasteiger partial charge in [0.2, 0.25) is 0 Å². The number of aliphatic carboxylic acids is 1. The van der Waals surface area contributed by atoms with Crippen molar-refractivity contribution in [3.8, 4) is 0 Å². The second kappa shape index (κ2) is 9.48. The van der Waals surface area contributed by atoms with Crippen LogP contribution < -0.4 is 5.32 Å². The van der Waals surface area contributed by atoms with Gasteiger partial charge in [-0.2, -0.15) is 0 Å². The molecule has 0 bridgehead atoms. The topological polar surface area (TPSA) is 89.9 Å². The fourth-order valence-corrected chi connectivity index (χ4v) is 1.55. The summed E-state index contributed by atoms with van der Waals surface area (Å²) in [5.41, 5.74) is 0. The highest BCUT2D eigenvalue weighted by Gasteiger charge is 2.21. The number of urea groups is 1. The zero-order chi connectivity index (χ0) is 14.8. The first-order chi connectivity index (χ1) is 8.92. The van der Waals surface area contributed by atoms with E-state index in [-0.39, 0.29) is 13.1 Å². The van der Waals surface area contributed by atoms with Crippen molar-refractivity contribution in [2.24, 2.45) is 5.92 Å². The fourth-order valence-electron chi connectivity index (χ4n) is 1.55. The molecule has 0 saturated carbocycles. The minimum absolute atomic E-state index is 0.118. The third kappa shape index (κ3) is 7.55. The van der Waals surface area contributed by atoms with E-state index in [1.807, 2.05) is 6.92 Å². The van der Waals surface area contributed by atoms with Gasteiger partial charge in [-0.1, -0.05) is 13.3 Å². The maximum Gasteiger partial charge on any atom is 0.317 e. The molecule has 0 aromatic rings. The monoisotopic (exact) mass is 282 g/mol. The van der Waals surface area contributed by atoms with Crippen LogP contribution in [0.15, 0.2) is 0 Å². The van der Waals surface area contributed by atoms with Crippen LogP contribution in [0.5, 0.6) is 0 Å². The van der Waals surface area contributed by atoms with Crippen LogP contribution in [0.3, 0.4) is 0 Å². The van der Waals surface area contributed by atoms with Crippen LogP contribution in [-0.4, -0.2) is 59.8 Å². The second-order valence-electron chi connectivity index (χ2n) is 4.07. The maximum absolute atomic E-state index is 12.2. The first kappa shape index (κ1) is 17.6. The van der Waals surface area contributed by atoms with Crippen molar-refractivity contribution < 1.29 is 28.6 Å². The largest absolute Gasteiger partial charge is 0.481 e. The Balaban J connectivity index is 4.33. The Bertz CT molecular complexity index is 290. The molecule has 1 atom stereocenters. The minimum Gasteiger partial charge on any atom is -0.481 e. The summed E-state index contributed by atoms with van der Waals surface area (Å²) in [6.07, 6.45) is -1.67. The summed E-state index contributed by atoms with van der Waals surface area (Å²) in [5.74, 6) is -1.78. The third-order valence-electron chi connectivity index (χ3n) is 2.50. The third-order valence-corrected chi connectivity index (χ3v) is 2.50. The molecule has 0 aliphatic carbocycles. The van der Waals surface area contributed by atoms with E-state index in [2.05, 4.69) is 5.32 Å². The van der Waals surface area contributed by atoms with E-state index in [1.165, 1.54) is 0 Å². The fraction of sp³-hybridized carbons (Fsp3) is 0.818. The maximum atomic E-state index is 12.2. The molecule has 1 unspecified atom stereocenters. The summed E-state index contributed by atoms with van der Waals surface area (Å²) in [6, 6.07) is -0.795. The van der Waals surface area contributed by atoms with Crippen LogP contribution in [0.4, 0.5) is 13.6 Å². The van der Waals surface area contributed by atoms with Crippen LogP contribution >= 0.6 is 0 Å². The van der Waals surface area contributed by atoms with Crippen molar-refractivity contribution in [3.05, 3.63) is 0 Å². The highest BCUT2D eigenvalue weighted by molar-refractivity contribution is 5.76. The van der Waals surface area contributed by atoms with Crippen molar-refractivity contribution in [2.45, 2.75) is 26.2 Å². The number of carboxylic acid groups (broad SMARTS) is 1. The first-order valence-electron chi connectivity index (χ1n) is 6.06. The minimum atomic E-state index is -2.71. The van der Waals surface area contributed by atoms with Crippen LogP contribution in [0, 0.1) is 5.92 Å². The molecule has 0 heterocycles. The Hall–Kier alpha value is -1.44. The number of amides is 2. The number of hydrogen-bond acceptors (Lipinski definition) is 3. The van der Waals surface area contributed by atoms with Crippen molar-refractivity contribution in [3.63, 3.8) is 0 Å². The predicted molar refractivity (Wildman–Crippen MR) is 64.1 cm³/mol. The van der Waals surface area contributed by atoms with E-state index in [1.54, 1.807) is 0 Å². The Morgan fingerprint density at radius 3 is 2.42 bits per heavy atom. The van der Waals surface area contributed by atoms with Gasteiger partial charge in [0.1, 0.15) is 0 Å². The molecular weight excluding hydrogens is 262 g/mol. The van der Waals surface area contributed by atoms with Gasteiger partial charge in [0.05, 0.1) is 19.1 Å². The lowest BCUT2D eigenvalue weighted by molar-refractivity contribution is -0.141. The van der Waals surface area contributed by atoms with Gasteiger partial charge in [-0.3, -0.25) is 4.79 Å². The molecule has 3 N–H and O–H groups in total. The number of alkyl halides is 2. The molecule has 6 nitrogen and oxygen atoms in total. The number of aliphatic hydroxyl groups is 1. The van der Waals surface area contributed by atoms with Crippen LogP contribution in [0.2, 0.25) is 0 Å². The van der Waals surface area contributed by atoms with E-state index in [0.717, 1.165) is 4.90 Å². The van der Waals surface area contributed by atoms with Crippen molar-refractivity contribution in [2.75, 3.05) is 26.2 Å². The molecule has 0 fully saturated rings. The van der Waals surface area contributed by atoms with Crippen molar-refractivity contribution in [1.29, 1.82) is 0 Å². The number of carboxylic acids is 1. The SMILES string of the molecule is CCCC(CNC(=O)N(CCO)CC(F)F)C(=O)O. The molecule has 0 aromatic carbocycles. The van der Waals surface area contributed by atoms with Gasteiger partial charge in [-0.25, -0.2) is 13.6 Å². The number of nitrogens with one attached hydrogen (secondary N) is 1. The van der Waals surface area contributed by atoms with Crippen LogP contribution in [0.1, 0.15) is 19.8 Å². The molecule has 0 aliphatic heterocycles. The first-order valence-corrected chi connectivity index (χ1v) is 6.06. The molecule has 0 radical (unpaired) electrons. The van der Waals surface area contributed by atoms with Gasteiger partial charge >= 0.3 is 12.0 Å². The van der Waals surface area contributed by atoms with Crippen molar-refractivity contribution in [1.82, 2.24) is 10.2 Å². The van der Waals surface area contributed by atoms with E-state index in [0.29, 0.717) is 12.8 Å². The number of carbonyl (C=O) groups excluding carboxylic acids is 1. The standard InChI is InChI=1S/C11H20F2N2O4/c1-2-3-8(10(17)18)6-14-11(19)15(4-5-16)7-9(12)13/h8-9,16H,2-7H2,1H3,(H,14,19)(H,17,18). The summed E-state index contributed by atoms with van der Waals surface area (Å²) in [6.45, 7) is 0.247. The lowest BCUT2D eigenvalue weighted by Gasteiger charge is -2.22. The zero-order valence-corrected chi connectivity index (χ0v) is 10.8.